The fraction of sp³-hybridized carbons (Fsp3) is 0.938. The molecule has 136 valence electrons. The van der Waals surface area contributed by atoms with E-state index in [2.05, 4.69) is 33.8 Å². The molecule has 0 spiro atoms. The Morgan fingerprint density at radius 2 is 2.04 bits per heavy atom. The van der Waals surface area contributed by atoms with Crippen molar-refractivity contribution in [3.05, 3.63) is 0 Å². The van der Waals surface area contributed by atoms with Crippen LogP contribution in [0, 0.1) is 0 Å². The molecule has 2 N–H and O–H groups in total. The minimum Gasteiger partial charge on any atom is -0.385 e. The van der Waals surface area contributed by atoms with Gasteiger partial charge < -0.3 is 25.0 Å². The number of thioether (sulfide) groups is 1. The Morgan fingerprint density at radius 3 is 2.65 bits per heavy atom. The third-order valence-electron chi connectivity index (χ3n) is 4.31. The zero-order valence-corrected chi connectivity index (χ0v) is 16.0. The van der Waals surface area contributed by atoms with Gasteiger partial charge in [-0.05, 0) is 32.6 Å². The number of likely N-dealkylation sites (N-methyl/N-ethyl adjacent to an activating group) is 1. The number of hydrogen-bond donors (Lipinski definition) is 2. The molecule has 1 saturated heterocycles. The molecule has 1 aliphatic heterocycles. The van der Waals surface area contributed by atoms with Crippen molar-refractivity contribution in [3.8, 4) is 0 Å². The van der Waals surface area contributed by atoms with Crippen molar-refractivity contribution in [2.24, 2.45) is 4.99 Å². The number of nitrogens with zero attached hydrogens (tertiary/aromatic N) is 2. The van der Waals surface area contributed by atoms with E-state index >= 15 is 0 Å². The fourth-order valence-corrected chi connectivity index (χ4v) is 3.41. The van der Waals surface area contributed by atoms with Crippen LogP contribution < -0.4 is 10.6 Å². The van der Waals surface area contributed by atoms with Gasteiger partial charge >= 0.3 is 0 Å². The number of aliphatic imine (C=N–C) groups is 1. The molecule has 23 heavy (non-hydrogen) atoms. The third kappa shape index (κ3) is 8.24. The van der Waals surface area contributed by atoms with Crippen molar-refractivity contribution in [2.75, 3.05) is 73.5 Å². The minimum absolute atomic E-state index is 0.271. The quantitative estimate of drug-likeness (QED) is 0.350. The molecule has 0 aromatic carbocycles. The van der Waals surface area contributed by atoms with Crippen LogP contribution in [0.3, 0.4) is 0 Å². The van der Waals surface area contributed by atoms with Gasteiger partial charge in [0.25, 0.3) is 0 Å². The summed E-state index contributed by atoms with van der Waals surface area (Å²) >= 11 is 1.94. The number of guanidine groups is 1. The SMILES string of the molecule is CN=C(NCCN(C)CCCOC)NCC1(SC)CCOCC1. The molecule has 6 nitrogen and oxygen atoms in total. The second-order valence-electron chi connectivity index (χ2n) is 6.00. The molecule has 1 heterocycles. The highest BCUT2D eigenvalue weighted by atomic mass is 32.2. The standard InChI is InChI=1S/C16H34N4O2S/c1-17-15(18-8-10-20(2)9-5-11-21-3)19-14-16(23-4)6-12-22-13-7-16/h5-14H2,1-4H3,(H2,17,18,19). The van der Waals surface area contributed by atoms with Gasteiger partial charge in [0.1, 0.15) is 0 Å². The fourth-order valence-electron chi connectivity index (χ4n) is 2.62. The lowest BCUT2D eigenvalue weighted by atomic mass is 9.99. The van der Waals surface area contributed by atoms with E-state index in [-0.39, 0.29) is 4.75 Å². The number of hydrogen-bond acceptors (Lipinski definition) is 5. The van der Waals surface area contributed by atoms with Gasteiger partial charge in [0.2, 0.25) is 0 Å². The van der Waals surface area contributed by atoms with Gasteiger partial charge in [-0.3, -0.25) is 4.99 Å². The number of rotatable bonds is 10. The van der Waals surface area contributed by atoms with E-state index in [1.165, 1.54) is 0 Å². The highest BCUT2D eigenvalue weighted by Crippen LogP contribution is 2.32. The van der Waals surface area contributed by atoms with Crippen molar-refractivity contribution in [1.82, 2.24) is 15.5 Å². The maximum Gasteiger partial charge on any atom is 0.191 e. The molecule has 0 saturated carbocycles. The van der Waals surface area contributed by atoms with Crippen molar-refractivity contribution in [1.29, 1.82) is 0 Å². The normalized spacial score (nSPS) is 18.2. The molecule has 0 aromatic heterocycles. The Morgan fingerprint density at radius 1 is 1.30 bits per heavy atom. The molecule has 0 aliphatic carbocycles. The van der Waals surface area contributed by atoms with Crippen LogP contribution in [0.5, 0.6) is 0 Å². The highest BCUT2D eigenvalue weighted by Gasteiger charge is 2.31. The summed E-state index contributed by atoms with van der Waals surface area (Å²) in [5.74, 6) is 0.884. The largest absolute Gasteiger partial charge is 0.385 e. The minimum atomic E-state index is 0.271. The monoisotopic (exact) mass is 346 g/mol. The van der Waals surface area contributed by atoms with E-state index in [1.807, 2.05) is 18.8 Å². The molecule has 0 bridgehead atoms. The van der Waals surface area contributed by atoms with Crippen LogP contribution in [-0.2, 0) is 9.47 Å². The molecule has 0 unspecified atom stereocenters. The maximum atomic E-state index is 5.49. The van der Waals surface area contributed by atoms with Gasteiger partial charge in [-0.1, -0.05) is 0 Å². The summed E-state index contributed by atoms with van der Waals surface area (Å²) in [5, 5.41) is 6.88. The van der Waals surface area contributed by atoms with Crippen LogP contribution in [-0.4, -0.2) is 89.1 Å². The smallest absolute Gasteiger partial charge is 0.191 e. The number of nitrogens with one attached hydrogen (secondary N) is 2. The van der Waals surface area contributed by atoms with Crippen LogP contribution in [0.15, 0.2) is 4.99 Å². The molecule has 1 rings (SSSR count). The summed E-state index contributed by atoms with van der Waals surface area (Å²) in [6.07, 6.45) is 5.46. The number of methoxy groups -OCH3 is 1. The molecular formula is C16H34N4O2S. The molecular weight excluding hydrogens is 312 g/mol. The first-order chi connectivity index (χ1) is 11.2. The van der Waals surface area contributed by atoms with Gasteiger partial charge in [0.15, 0.2) is 5.96 Å². The lowest BCUT2D eigenvalue weighted by Crippen LogP contribution is -2.48. The third-order valence-corrected chi connectivity index (χ3v) is 5.73. The molecule has 0 aromatic rings. The lowest BCUT2D eigenvalue weighted by Gasteiger charge is -2.36. The summed E-state index contributed by atoms with van der Waals surface area (Å²) < 4.78 is 10.8. The van der Waals surface area contributed by atoms with Gasteiger partial charge in [-0.15, -0.1) is 0 Å². The topological polar surface area (TPSA) is 58.1 Å². The summed E-state index contributed by atoms with van der Waals surface area (Å²) in [7, 11) is 5.71. The second-order valence-corrected chi connectivity index (χ2v) is 7.28. The summed E-state index contributed by atoms with van der Waals surface area (Å²) in [5.41, 5.74) is 0. The first-order valence-electron chi connectivity index (χ1n) is 8.40. The molecule has 0 radical (unpaired) electrons. The van der Waals surface area contributed by atoms with Crippen molar-refractivity contribution >= 4 is 17.7 Å². The average Bonchev–Trinajstić information content (AvgIpc) is 2.59. The Hall–Kier alpha value is -0.500. The van der Waals surface area contributed by atoms with Gasteiger partial charge in [0.05, 0.1) is 0 Å². The van der Waals surface area contributed by atoms with E-state index in [9.17, 15) is 0 Å². The lowest BCUT2D eigenvalue weighted by molar-refractivity contribution is 0.0783. The van der Waals surface area contributed by atoms with Crippen LogP contribution in [0.25, 0.3) is 0 Å². The Kier molecular flexibility index (Phi) is 10.7. The molecule has 1 aliphatic rings. The zero-order valence-electron chi connectivity index (χ0n) is 15.2. The van der Waals surface area contributed by atoms with E-state index < -0.39 is 0 Å². The first-order valence-corrected chi connectivity index (χ1v) is 9.63. The predicted molar refractivity (Wildman–Crippen MR) is 99.7 cm³/mol. The summed E-state index contributed by atoms with van der Waals surface area (Å²) in [6.45, 7) is 6.41. The predicted octanol–water partition coefficient (Wildman–Crippen LogP) is 1.03. The Bertz CT molecular complexity index is 336. The van der Waals surface area contributed by atoms with Crippen molar-refractivity contribution < 1.29 is 9.47 Å². The second kappa shape index (κ2) is 11.9. The summed E-state index contributed by atoms with van der Waals surface area (Å²) in [6, 6.07) is 0. The van der Waals surface area contributed by atoms with Crippen LogP contribution >= 0.6 is 11.8 Å². The molecule has 0 amide bonds. The Balaban J connectivity index is 2.23. The average molecular weight is 347 g/mol. The van der Waals surface area contributed by atoms with E-state index in [1.54, 1.807) is 7.11 Å². The van der Waals surface area contributed by atoms with Crippen molar-refractivity contribution in [2.45, 2.75) is 24.0 Å². The van der Waals surface area contributed by atoms with Gasteiger partial charge in [-0.25, -0.2) is 0 Å². The highest BCUT2D eigenvalue weighted by molar-refractivity contribution is 8.00. The van der Waals surface area contributed by atoms with Crippen LogP contribution in [0.2, 0.25) is 0 Å². The van der Waals surface area contributed by atoms with Crippen LogP contribution in [0.4, 0.5) is 0 Å². The van der Waals surface area contributed by atoms with E-state index in [4.69, 9.17) is 9.47 Å². The number of ether oxygens (including phenoxy) is 2. The van der Waals surface area contributed by atoms with Crippen LogP contribution in [0.1, 0.15) is 19.3 Å². The molecule has 1 fully saturated rings. The molecule has 0 atom stereocenters. The van der Waals surface area contributed by atoms with Gasteiger partial charge in [0, 0.05) is 64.9 Å². The van der Waals surface area contributed by atoms with Crippen molar-refractivity contribution in [3.63, 3.8) is 0 Å². The van der Waals surface area contributed by atoms with E-state index in [0.29, 0.717) is 0 Å². The van der Waals surface area contributed by atoms with E-state index in [0.717, 1.165) is 71.2 Å². The molecule has 7 heteroatoms. The Labute approximate surface area is 145 Å². The zero-order chi connectivity index (χ0) is 17.0. The first kappa shape index (κ1) is 20.5. The van der Waals surface area contributed by atoms with Gasteiger partial charge in [-0.2, -0.15) is 11.8 Å². The summed E-state index contributed by atoms with van der Waals surface area (Å²) in [4.78, 5) is 6.63. The maximum absolute atomic E-state index is 5.49.